The van der Waals surface area contributed by atoms with Crippen LogP contribution in [-0.2, 0) is 19.6 Å². The molecular weight excluding hydrogens is 280 g/mol. The second kappa shape index (κ2) is 7.65. The summed E-state index contributed by atoms with van der Waals surface area (Å²) in [6.07, 6.45) is -0.0254. The number of hydrogen-bond donors (Lipinski definition) is 2. The van der Waals surface area contributed by atoms with Gasteiger partial charge in [-0.3, -0.25) is 4.79 Å². The van der Waals surface area contributed by atoms with Crippen LogP contribution in [0, 0.1) is 11.8 Å². The Kier molecular flexibility index (Phi) is 6.18. The molecule has 0 saturated carbocycles. The van der Waals surface area contributed by atoms with E-state index >= 15 is 0 Å². The lowest BCUT2D eigenvalue weighted by Crippen LogP contribution is -2.26. The zero-order chi connectivity index (χ0) is 15.0. The van der Waals surface area contributed by atoms with Crippen LogP contribution in [0.3, 0.4) is 0 Å². The van der Waals surface area contributed by atoms with E-state index in [1.165, 1.54) is 19.2 Å². The van der Waals surface area contributed by atoms with E-state index in [1.807, 2.05) is 0 Å². The molecule has 1 aromatic carbocycles. The Balaban J connectivity index is 2.79. The Labute approximate surface area is 118 Å². The Bertz CT molecular complexity index is 629. The number of hydrogen-bond acceptors (Lipinski definition) is 5. The van der Waals surface area contributed by atoms with E-state index in [1.54, 1.807) is 12.1 Å². The Hall–Kier alpha value is -1.88. The number of nitrogens with one attached hydrogen (secondary N) is 1. The van der Waals surface area contributed by atoms with Crippen LogP contribution in [0.2, 0.25) is 0 Å². The minimum absolute atomic E-state index is 0.0201. The van der Waals surface area contributed by atoms with Crippen LogP contribution in [0.4, 0.5) is 0 Å². The average molecular weight is 296 g/mol. The first-order valence-electron chi connectivity index (χ1n) is 5.85. The van der Waals surface area contributed by atoms with Crippen molar-refractivity contribution in [1.29, 1.82) is 0 Å². The lowest BCUT2D eigenvalue weighted by atomic mass is 10.2. The van der Waals surface area contributed by atoms with Crippen LogP contribution in [0.15, 0.2) is 29.2 Å². The molecule has 3 N–H and O–H groups in total. The molecule has 7 heteroatoms. The van der Waals surface area contributed by atoms with Gasteiger partial charge in [0.05, 0.1) is 25.0 Å². The molecule has 0 saturated heterocycles. The normalized spacial score (nSPS) is 10.5. The van der Waals surface area contributed by atoms with Crippen molar-refractivity contribution in [2.24, 2.45) is 5.73 Å². The van der Waals surface area contributed by atoms with Crippen LogP contribution in [0.5, 0.6) is 0 Å². The van der Waals surface area contributed by atoms with Gasteiger partial charge < -0.3 is 10.5 Å². The third-order valence-electron chi connectivity index (χ3n) is 2.33. The van der Waals surface area contributed by atoms with Gasteiger partial charge in [0.25, 0.3) is 0 Å². The van der Waals surface area contributed by atoms with Gasteiger partial charge in [-0.25, -0.2) is 13.1 Å². The molecule has 20 heavy (non-hydrogen) atoms. The fourth-order valence-electron chi connectivity index (χ4n) is 1.37. The number of carbonyl (C=O) groups is 1. The fourth-order valence-corrected chi connectivity index (χ4v) is 2.44. The first kappa shape index (κ1) is 16.2. The number of nitrogens with two attached hydrogens (primary N) is 1. The van der Waals surface area contributed by atoms with Crippen molar-refractivity contribution in [2.45, 2.75) is 11.3 Å². The van der Waals surface area contributed by atoms with E-state index in [9.17, 15) is 13.2 Å². The van der Waals surface area contributed by atoms with E-state index in [2.05, 4.69) is 21.3 Å². The van der Waals surface area contributed by atoms with E-state index < -0.39 is 16.0 Å². The summed E-state index contributed by atoms with van der Waals surface area (Å²) in [6.45, 7) is 0.183. The molecule has 0 unspecified atom stereocenters. The molecule has 0 amide bonds. The van der Waals surface area contributed by atoms with Crippen molar-refractivity contribution in [1.82, 2.24) is 4.72 Å². The number of rotatable bonds is 5. The second-order valence-electron chi connectivity index (χ2n) is 3.76. The predicted octanol–water partition coefficient (Wildman–Crippen LogP) is -0.162. The van der Waals surface area contributed by atoms with Gasteiger partial charge >= 0.3 is 5.97 Å². The summed E-state index contributed by atoms with van der Waals surface area (Å²) >= 11 is 0. The third kappa shape index (κ3) is 5.01. The van der Waals surface area contributed by atoms with Crippen molar-refractivity contribution in [3.63, 3.8) is 0 Å². The summed E-state index contributed by atoms with van der Waals surface area (Å²) in [5, 5.41) is 0. The molecule has 0 aliphatic rings. The topological polar surface area (TPSA) is 98.5 Å². The highest BCUT2D eigenvalue weighted by Crippen LogP contribution is 2.10. The molecule has 0 bridgehead atoms. The largest absolute Gasteiger partial charge is 0.469 e. The molecule has 0 atom stereocenters. The van der Waals surface area contributed by atoms with Gasteiger partial charge in [0, 0.05) is 12.1 Å². The summed E-state index contributed by atoms with van der Waals surface area (Å²) in [5.74, 6) is 4.93. The summed E-state index contributed by atoms with van der Waals surface area (Å²) in [5.41, 5.74) is 5.82. The lowest BCUT2D eigenvalue weighted by molar-refractivity contribution is -0.140. The van der Waals surface area contributed by atoms with Crippen molar-refractivity contribution >= 4 is 16.0 Å². The molecule has 0 aromatic heterocycles. The molecule has 1 rings (SSSR count). The molecule has 108 valence electrons. The summed E-state index contributed by atoms with van der Waals surface area (Å²) in [6, 6.07) is 6.18. The van der Waals surface area contributed by atoms with Crippen LogP contribution < -0.4 is 10.5 Å². The van der Waals surface area contributed by atoms with E-state index in [4.69, 9.17) is 5.73 Å². The fraction of sp³-hybridized carbons (Fsp3) is 0.308. The van der Waals surface area contributed by atoms with Gasteiger partial charge in [-0.15, -0.1) is 0 Å². The molecule has 0 aliphatic heterocycles. The minimum Gasteiger partial charge on any atom is -0.469 e. The summed E-state index contributed by atoms with van der Waals surface area (Å²) in [4.78, 5) is 11.0. The van der Waals surface area contributed by atoms with Crippen LogP contribution >= 0.6 is 0 Å². The van der Waals surface area contributed by atoms with Crippen LogP contribution in [0.1, 0.15) is 12.0 Å². The smallest absolute Gasteiger partial charge is 0.306 e. The van der Waals surface area contributed by atoms with E-state index in [0.717, 1.165) is 0 Å². The number of esters is 1. The highest BCUT2D eigenvalue weighted by molar-refractivity contribution is 7.89. The monoisotopic (exact) mass is 296 g/mol. The summed E-state index contributed by atoms with van der Waals surface area (Å²) < 4.78 is 30.7. The molecule has 0 spiro atoms. The third-order valence-corrected chi connectivity index (χ3v) is 3.79. The van der Waals surface area contributed by atoms with E-state index in [-0.39, 0.29) is 24.4 Å². The number of carbonyl (C=O) groups excluding carboxylic acids is 1. The Morgan fingerprint density at radius 2 is 2.20 bits per heavy atom. The maximum Gasteiger partial charge on any atom is 0.306 e. The number of ether oxygens (including phenoxy) is 1. The van der Waals surface area contributed by atoms with Crippen molar-refractivity contribution in [2.75, 3.05) is 20.2 Å². The molecule has 1 aromatic rings. The quantitative estimate of drug-likeness (QED) is 0.581. The SMILES string of the molecule is COC(=O)CCNS(=O)(=O)c1cccc(C#CCN)c1. The van der Waals surface area contributed by atoms with Crippen molar-refractivity contribution in [3.05, 3.63) is 29.8 Å². The van der Waals surface area contributed by atoms with Gasteiger partial charge in [-0.2, -0.15) is 0 Å². The van der Waals surface area contributed by atoms with Crippen LogP contribution in [0.25, 0.3) is 0 Å². The van der Waals surface area contributed by atoms with Gasteiger partial charge in [0.15, 0.2) is 0 Å². The van der Waals surface area contributed by atoms with Gasteiger partial charge in [-0.1, -0.05) is 17.9 Å². The van der Waals surface area contributed by atoms with Crippen LogP contribution in [-0.4, -0.2) is 34.6 Å². The number of benzene rings is 1. The number of methoxy groups -OCH3 is 1. The molecule has 0 fully saturated rings. The zero-order valence-electron chi connectivity index (χ0n) is 11.0. The summed E-state index contributed by atoms with van der Waals surface area (Å²) in [7, 11) is -2.42. The average Bonchev–Trinajstić information content (AvgIpc) is 2.45. The van der Waals surface area contributed by atoms with Gasteiger partial charge in [0.1, 0.15) is 0 Å². The maximum atomic E-state index is 12.0. The van der Waals surface area contributed by atoms with Gasteiger partial charge in [0.2, 0.25) is 10.0 Å². The standard InChI is InChI=1S/C13H16N2O4S/c1-19-13(16)7-9-15-20(17,18)12-6-2-4-11(10-12)5-3-8-14/h2,4,6,10,15H,7-9,14H2,1H3. The Morgan fingerprint density at radius 1 is 1.45 bits per heavy atom. The van der Waals surface area contributed by atoms with Crippen molar-refractivity contribution in [3.8, 4) is 11.8 Å². The molecule has 0 heterocycles. The molecule has 0 radical (unpaired) electrons. The predicted molar refractivity (Wildman–Crippen MR) is 74.2 cm³/mol. The van der Waals surface area contributed by atoms with Crippen molar-refractivity contribution < 1.29 is 17.9 Å². The van der Waals surface area contributed by atoms with E-state index in [0.29, 0.717) is 5.56 Å². The minimum atomic E-state index is -3.67. The second-order valence-corrected chi connectivity index (χ2v) is 5.52. The zero-order valence-corrected chi connectivity index (χ0v) is 11.9. The number of sulfonamides is 1. The lowest BCUT2D eigenvalue weighted by Gasteiger charge is -2.06. The first-order chi connectivity index (χ1) is 9.49. The first-order valence-corrected chi connectivity index (χ1v) is 7.33. The molecular formula is C13H16N2O4S. The Morgan fingerprint density at radius 3 is 2.85 bits per heavy atom. The maximum absolute atomic E-state index is 12.0. The molecule has 0 aliphatic carbocycles. The highest BCUT2D eigenvalue weighted by atomic mass is 32.2. The highest BCUT2D eigenvalue weighted by Gasteiger charge is 2.14. The van der Waals surface area contributed by atoms with Gasteiger partial charge in [-0.05, 0) is 18.2 Å². The molecule has 6 nitrogen and oxygen atoms in total.